The van der Waals surface area contributed by atoms with Crippen LogP contribution in [0.25, 0.3) is 0 Å². The van der Waals surface area contributed by atoms with Crippen LogP contribution < -0.4 is 5.73 Å². The van der Waals surface area contributed by atoms with Crippen LogP contribution in [0.1, 0.15) is 30.8 Å². The lowest BCUT2D eigenvalue weighted by atomic mass is 9.88. The molecule has 0 bridgehead atoms. The largest absolute Gasteiger partial charge is 0.321 e. The molecular weight excluding hydrogens is 382 g/mol. The first kappa shape index (κ1) is 15.7. The van der Waals surface area contributed by atoms with Gasteiger partial charge in [0.25, 0.3) is 0 Å². The molecule has 2 aromatic rings. The second kappa shape index (κ2) is 6.00. The Hall–Kier alpha value is -0.650. The minimum atomic E-state index is -0.457. The molecule has 1 aromatic carbocycles. The zero-order valence-electron chi connectivity index (χ0n) is 12.0. The summed E-state index contributed by atoms with van der Waals surface area (Å²) >= 11 is 7.24. The van der Waals surface area contributed by atoms with E-state index >= 15 is 0 Å². The van der Waals surface area contributed by atoms with Gasteiger partial charge in [0, 0.05) is 23.5 Å². The highest BCUT2D eigenvalue weighted by Crippen LogP contribution is 2.32. The smallest absolute Gasteiger partial charge is 0.0766 e. The van der Waals surface area contributed by atoms with Crippen molar-refractivity contribution in [3.8, 4) is 0 Å². The van der Waals surface area contributed by atoms with Crippen molar-refractivity contribution in [2.75, 3.05) is 0 Å². The summed E-state index contributed by atoms with van der Waals surface area (Å²) in [5, 5.41) is 4.53. The van der Waals surface area contributed by atoms with Gasteiger partial charge < -0.3 is 5.73 Å². The molecule has 1 unspecified atom stereocenters. The molecule has 0 spiro atoms. The first-order valence-electron chi connectivity index (χ1n) is 6.61. The van der Waals surface area contributed by atoms with Crippen molar-refractivity contribution in [3.63, 3.8) is 0 Å². The molecule has 2 rings (SSSR count). The molecule has 0 saturated heterocycles. The average molecular weight is 401 g/mol. The fraction of sp³-hybridized carbons (Fsp3) is 0.400. The zero-order valence-corrected chi connectivity index (χ0v) is 15.1. The van der Waals surface area contributed by atoms with Crippen molar-refractivity contribution in [2.45, 2.75) is 32.2 Å². The zero-order chi connectivity index (χ0) is 14.9. The summed E-state index contributed by atoms with van der Waals surface area (Å²) in [7, 11) is 1.97. The van der Waals surface area contributed by atoms with Crippen molar-refractivity contribution in [2.24, 2.45) is 12.8 Å². The number of halogens is 2. The van der Waals surface area contributed by atoms with Crippen molar-refractivity contribution in [3.05, 3.63) is 50.2 Å². The van der Waals surface area contributed by atoms with Gasteiger partial charge in [-0.25, -0.2) is 0 Å². The molecule has 1 aromatic heterocycles. The standard InChI is InChI=1S/C15H19Br2N3/c1-4-12-14(17)13(20(3)19-12)9-15(2,18)10-7-5-6-8-11(10)16/h5-8H,4,9,18H2,1-3H3. The number of hydrogen-bond acceptors (Lipinski definition) is 2. The molecule has 0 amide bonds. The first-order valence-corrected chi connectivity index (χ1v) is 8.19. The molecule has 1 heterocycles. The topological polar surface area (TPSA) is 43.8 Å². The molecule has 3 nitrogen and oxygen atoms in total. The molecule has 5 heteroatoms. The van der Waals surface area contributed by atoms with Crippen molar-refractivity contribution in [1.82, 2.24) is 9.78 Å². The van der Waals surface area contributed by atoms with E-state index in [0.29, 0.717) is 0 Å². The molecule has 0 aliphatic rings. The number of aromatic nitrogens is 2. The van der Waals surface area contributed by atoms with Crippen molar-refractivity contribution >= 4 is 31.9 Å². The molecule has 0 fully saturated rings. The van der Waals surface area contributed by atoms with E-state index in [1.165, 1.54) is 0 Å². The number of nitrogens with zero attached hydrogens (tertiary/aromatic N) is 2. The van der Waals surface area contributed by atoms with E-state index in [0.717, 1.165) is 38.7 Å². The monoisotopic (exact) mass is 399 g/mol. The fourth-order valence-corrected chi connectivity index (χ4v) is 3.87. The third kappa shape index (κ3) is 3.00. The second-order valence-corrected chi connectivity index (χ2v) is 6.91. The van der Waals surface area contributed by atoms with Crippen LogP contribution in [-0.4, -0.2) is 9.78 Å². The highest BCUT2D eigenvalue weighted by atomic mass is 79.9. The van der Waals surface area contributed by atoms with Gasteiger partial charge in [-0.3, -0.25) is 4.68 Å². The van der Waals surface area contributed by atoms with E-state index in [1.807, 2.05) is 29.9 Å². The highest BCUT2D eigenvalue weighted by molar-refractivity contribution is 9.10. The maximum Gasteiger partial charge on any atom is 0.0766 e. The molecule has 1 atom stereocenters. The van der Waals surface area contributed by atoms with Crippen LogP contribution in [0, 0.1) is 0 Å². The van der Waals surface area contributed by atoms with E-state index in [2.05, 4.69) is 56.9 Å². The van der Waals surface area contributed by atoms with Crippen molar-refractivity contribution < 1.29 is 0 Å². The normalized spacial score (nSPS) is 14.3. The van der Waals surface area contributed by atoms with Gasteiger partial charge in [-0.1, -0.05) is 41.1 Å². The lowest BCUT2D eigenvalue weighted by molar-refractivity contribution is 0.469. The molecule has 20 heavy (non-hydrogen) atoms. The van der Waals surface area contributed by atoms with E-state index in [4.69, 9.17) is 5.73 Å². The van der Waals surface area contributed by atoms with Gasteiger partial charge in [0.05, 0.1) is 15.9 Å². The van der Waals surface area contributed by atoms with Crippen LogP contribution in [-0.2, 0) is 25.4 Å². The van der Waals surface area contributed by atoms with Crippen LogP contribution in [0.5, 0.6) is 0 Å². The van der Waals surface area contributed by atoms with Crippen molar-refractivity contribution in [1.29, 1.82) is 0 Å². The molecule has 0 aliphatic heterocycles. The SMILES string of the molecule is CCc1nn(C)c(CC(C)(N)c2ccccc2Br)c1Br. The average Bonchev–Trinajstić information content (AvgIpc) is 2.66. The predicted octanol–water partition coefficient (Wildman–Crippen LogP) is 3.92. The lowest BCUT2D eigenvalue weighted by Crippen LogP contribution is -2.36. The Labute approximate surface area is 136 Å². The molecule has 0 aliphatic carbocycles. The summed E-state index contributed by atoms with van der Waals surface area (Å²) in [5.41, 5.74) is 9.42. The Balaban J connectivity index is 2.38. The number of rotatable bonds is 4. The number of aryl methyl sites for hydroxylation is 2. The van der Waals surface area contributed by atoms with E-state index in [-0.39, 0.29) is 0 Å². The minimum Gasteiger partial charge on any atom is -0.321 e. The number of benzene rings is 1. The van der Waals surface area contributed by atoms with Crippen LogP contribution >= 0.6 is 31.9 Å². The maximum absolute atomic E-state index is 6.57. The van der Waals surface area contributed by atoms with Gasteiger partial charge >= 0.3 is 0 Å². The van der Waals surface area contributed by atoms with Gasteiger partial charge in [0.1, 0.15) is 0 Å². The molecular formula is C15H19Br2N3. The Bertz CT molecular complexity index is 618. The van der Waals surface area contributed by atoms with Gasteiger partial charge in [-0.15, -0.1) is 0 Å². The predicted molar refractivity (Wildman–Crippen MR) is 89.7 cm³/mol. The third-order valence-electron chi connectivity index (χ3n) is 3.53. The first-order chi connectivity index (χ1) is 9.36. The molecule has 0 saturated carbocycles. The second-order valence-electron chi connectivity index (χ2n) is 5.26. The van der Waals surface area contributed by atoms with E-state index in [9.17, 15) is 0 Å². The summed E-state index contributed by atoms with van der Waals surface area (Å²) < 4.78 is 4.04. The lowest BCUT2D eigenvalue weighted by Gasteiger charge is -2.26. The molecule has 108 valence electrons. The summed E-state index contributed by atoms with van der Waals surface area (Å²) in [6, 6.07) is 8.10. The third-order valence-corrected chi connectivity index (χ3v) is 5.13. The van der Waals surface area contributed by atoms with E-state index in [1.54, 1.807) is 0 Å². The van der Waals surface area contributed by atoms with Gasteiger partial charge in [0.15, 0.2) is 0 Å². The van der Waals surface area contributed by atoms with Crippen LogP contribution in [0.15, 0.2) is 33.2 Å². The summed E-state index contributed by atoms with van der Waals surface area (Å²) in [4.78, 5) is 0. The highest BCUT2D eigenvalue weighted by Gasteiger charge is 2.27. The minimum absolute atomic E-state index is 0.457. The summed E-state index contributed by atoms with van der Waals surface area (Å²) in [5.74, 6) is 0. The Kier molecular flexibility index (Phi) is 4.72. The van der Waals surface area contributed by atoms with Crippen LogP contribution in [0.3, 0.4) is 0 Å². The Morgan fingerprint density at radius 2 is 1.95 bits per heavy atom. The quantitative estimate of drug-likeness (QED) is 0.844. The number of hydrogen-bond donors (Lipinski definition) is 1. The van der Waals surface area contributed by atoms with Crippen LogP contribution in [0.2, 0.25) is 0 Å². The van der Waals surface area contributed by atoms with Gasteiger partial charge in [0.2, 0.25) is 0 Å². The van der Waals surface area contributed by atoms with Gasteiger partial charge in [-0.2, -0.15) is 5.10 Å². The number of nitrogens with two attached hydrogens (primary N) is 1. The summed E-state index contributed by atoms with van der Waals surface area (Å²) in [6.07, 6.45) is 1.63. The summed E-state index contributed by atoms with van der Waals surface area (Å²) in [6.45, 7) is 4.16. The Morgan fingerprint density at radius 1 is 1.30 bits per heavy atom. The van der Waals surface area contributed by atoms with Gasteiger partial charge in [-0.05, 0) is 40.9 Å². The molecule has 2 N–H and O–H groups in total. The maximum atomic E-state index is 6.57. The van der Waals surface area contributed by atoms with Crippen LogP contribution in [0.4, 0.5) is 0 Å². The fourth-order valence-electron chi connectivity index (χ4n) is 2.38. The Morgan fingerprint density at radius 3 is 2.50 bits per heavy atom. The molecule has 0 radical (unpaired) electrons. The van der Waals surface area contributed by atoms with E-state index < -0.39 is 5.54 Å².